The number of carbonyl (C=O) groups is 3. The molecular formula is C19H19ClN4O5S. The molecule has 0 aliphatic heterocycles. The molecule has 0 saturated heterocycles. The van der Waals surface area contributed by atoms with Gasteiger partial charge in [0, 0.05) is 24.1 Å². The number of aryl methyl sites for hydroxylation is 1. The molecule has 0 fully saturated rings. The number of rotatable bonds is 7. The second kappa shape index (κ2) is 9.70. The van der Waals surface area contributed by atoms with Crippen LogP contribution >= 0.6 is 22.9 Å². The van der Waals surface area contributed by atoms with E-state index >= 15 is 0 Å². The minimum absolute atomic E-state index is 0.250. The standard InChI is InChI=1S/C19H19ClN4O5S/c1-11-14-9-15(18(26)29-10-16(25)22-19(27)21-6-7-28-2)30-17(14)24(23-11)13-5-3-4-12(20)8-13/h3-5,8-9H,6-7,10H2,1-2H3,(H2,21,22,25,27). The third-order valence-electron chi connectivity index (χ3n) is 3.98. The number of halogens is 1. The normalized spacial score (nSPS) is 10.8. The molecule has 3 aromatic rings. The van der Waals surface area contributed by atoms with E-state index in [9.17, 15) is 14.4 Å². The van der Waals surface area contributed by atoms with Crippen molar-refractivity contribution < 1.29 is 23.9 Å². The summed E-state index contributed by atoms with van der Waals surface area (Å²) in [5.41, 5.74) is 1.51. The number of thiophene rings is 1. The molecule has 0 unspecified atom stereocenters. The molecule has 30 heavy (non-hydrogen) atoms. The number of amides is 3. The highest BCUT2D eigenvalue weighted by molar-refractivity contribution is 7.20. The molecule has 0 atom stereocenters. The Kier molecular flexibility index (Phi) is 7.03. The van der Waals surface area contributed by atoms with Gasteiger partial charge in [-0.05, 0) is 31.2 Å². The molecule has 2 N–H and O–H groups in total. The molecule has 2 heterocycles. The minimum Gasteiger partial charge on any atom is -0.451 e. The molecule has 0 aliphatic carbocycles. The van der Waals surface area contributed by atoms with Crippen LogP contribution in [0, 0.1) is 6.92 Å². The van der Waals surface area contributed by atoms with E-state index in [-0.39, 0.29) is 6.54 Å². The van der Waals surface area contributed by atoms with Gasteiger partial charge in [0.2, 0.25) is 0 Å². The molecule has 3 rings (SSSR count). The number of hydrogen-bond donors (Lipinski definition) is 2. The molecule has 158 valence electrons. The van der Waals surface area contributed by atoms with Crippen LogP contribution in [-0.4, -0.2) is 54.6 Å². The van der Waals surface area contributed by atoms with Crippen molar-refractivity contribution in [2.45, 2.75) is 6.92 Å². The highest BCUT2D eigenvalue weighted by Crippen LogP contribution is 2.31. The van der Waals surface area contributed by atoms with Gasteiger partial charge in [-0.25, -0.2) is 14.3 Å². The van der Waals surface area contributed by atoms with Crippen LogP contribution in [0.15, 0.2) is 30.3 Å². The Morgan fingerprint density at radius 3 is 2.80 bits per heavy atom. The van der Waals surface area contributed by atoms with Gasteiger partial charge in [-0.3, -0.25) is 10.1 Å². The molecule has 0 saturated carbocycles. The zero-order chi connectivity index (χ0) is 21.7. The highest BCUT2D eigenvalue weighted by Gasteiger charge is 2.19. The number of fused-ring (bicyclic) bond motifs is 1. The van der Waals surface area contributed by atoms with Crippen LogP contribution in [0.2, 0.25) is 5.02 Å². The van der Waals surface area contributed by atoms with Gasteiger partial charge in [-0.15, -0.1) is 11.3 Å². The Morgan fingerprint density at radius 1 is 1.27 bits per heavy atom. The first-order chi connectivity index (χ1) is 14.4. The number of nitrogens with one attached hydrogen (secondary N) is 2. The molecule has 3 amide bonds. The second-order valence-corrected chi connectivity index (χ2v) is 7.65. The number of nitrogens with zero attached hydrogens (tertiary/aromatic N) is 2. The first-order valence-corrected chi connectivity index (χ1v) is 10.1. The Bertz CT molecular complexity index is 1090. The van der Waals surface area contributed by atoms with Crippen LogP contribution in [0.25, 0.3) is 15.9 Å². The van der Waals surface area contributed by atoms with Gasteiger partial charge in [0.05, 0.1) is 18.0 Å². The van der Waals surface area contributed by atoms with Crippen LogP contribution in [0.1, 0.15) is 15.4 Å². The summed E-state index contributed by atoms with van der Waals surface area (Å²) in [7, 11) is 1.49. The van der Waals surface area contributed by atoms with Crippen LogP contribution in [0.3, 0.4) is 0 Å². The van der Waals surface area contributed by atoms with Crippen LogP contribution in [-0.2, 0) is 14.3 Å². The number of carbonyl (C=O) groups excluding carboxylic acids is 3. The number of ether oxygens (including phenoxy) is 2. The lowest BCUT2D eigenvalue weighted by Crippen LogP contribution is -2.42. The van der Waals surface area contributed by atoms with E-state index in [1.54, 1.807) is 22.9 Å². The lowest BCUT2D eigenvalue weighted by atomic mass is 10.3. The Labute approximate surface area is 180 Å². The molecule has 0 spiro atoms. The van der Waals surface area contributed by atoms with Gasteiger partial charge in [-0.1, -0.05) is 17.7 Å². The third-order valence-corrected chi connectivity index (χ3v) is 5.30. The molecule has 0 aliphatic rings. The van der Waals surface area contributed by atoms with Crippen molar-refractivity contribution in [1.82, 2.24) is 20.4 Å². The van der Waals surface area contributed by atoms with Crippen LogP contribution in [0.5, 0.6) is 0 Å². The molecule has 0 bridgehead atoms. The van der Waals surface area contributed by atoms with Crippen molar-refractivity contribution in [2.24, 2.45) is 0 Å². The van der Waals surface area contributed by atoms with Gasteiger partial charge >= 0.3 is 12.0 Å². The summed E-state index contributed by atoms with van der Waals surface area (Å²) in [6, 6.07) is 8.19. The Morgan fingerprint density at radius 2 is 2.07 bits per heavy atom. The van der Waals surface area contributed by atoms with E-state index in [2.05, 4.69) is 15.7 Å². The maximum Gasteiger partial charge on any atom is 0.348 e. The summed E-state index contributed by atoms with van der Waals surface area (Å²) >= 11 is 7.26. The zero-order valence-electron chi connectivity index (χ0n) is 16.2. The summed E-state index contributed by atoms with van der Waals surface area (Å²) in [5.74, 6) is -1.40. The first-order valence-electron chi connectivity index (χ1n) is 8.88. The van der Waals surface area contributed by atoms with E-state index in [1.165, 1.54) is 18.4 Å². The predicted octanol–water partition coefficient (Wildman–Crippen LogP) is 2.68. The topological polar surface area (TPSA) is 112 Å². The number of methoxy groups -OCH3 is 1. The van der Waals surface area contributed by atoms with Crippen molar-refractivity contribution in [2.75, 3.05) is 26.9 Å². The first kappa shape index (κ1) is 21.8. The van der Waals surface area contributed by atoms with Gasteiger partial charge in [0.25, 0.3) is 5.91 Å². The smallest absolute Gasteiger partial charge is 0.348 e. The van der Waals surface area contributed by atoms with E-state index in [4.69, 9.17) is 21.1 Å². The summed E-state index contributed by atoms with van der Waals surface area (Å²) in [6.07, 6.45) is 0. The summed E-state index contributed by atoms with van der Waals surface area (Å²) in [6.45, 7) is 1.82. The minimum atomic E-state index is -0.735. The quantitative estimate of drug-likeness (QED) is 0.423. The van der Waals surface area contributed by atoms with Gasteiger partial charge in [0.1, 0.15) is 9.71 Å². The molecule has 0 radical (unpaired) electrons. The second-order valence-electron chi connectivity index (χ2n) is 6.18. The molecule has 9 nitrogen and oxygen atoms in total. The molecule has 2 aromatic heterocycles. The average molecular weight is 451 g/mol. The van der Waals surface area contributed by atoms with Crippen LogP contribution in [0.4, 0.5) is 4.79 Å². The largest absolute Gasteiger partial charge is 0.451 e. The van der Waals surface area contributed by atoms with E-state index in [0.29, 0.717) is 16.5 Å². The zero-order valence-corrected chi connectivity index (χ0v) is 17.8. The fourth-order valence-corrected chi connectivity index (χ4v) is 3.87. The van der Waals surface area contributed by atoms with Crippen molar-refractivity contribution in [1.29, 1.82) is 0 Å². The number of imide groups is 1. The van der Waals surface area contributed by atoms with E-state index < -0.39 is 24.5 Å². The monoisotopic (exact) mass is 450 g/mol. The van der Waals surface area contributed by atoms with Crippen molar-refractivity contribution in [3.8, 4) is 5.69 Å². The van der Waals surface area contributed by atoms with Gasteiger partial charge in [-0.2, -0.15) is 5.10 Å². The Hall–Kier alpha value is -2.95. The van der Waals surface area contributed by atoms with Crippen molar-refractivity contribution >= 4 is 51.1 Å². The summed E-state index contributed by atoms with van der Waals surface area (Å²) < 4.78 is 11.5. The van der Waals surface area contributed by atoms with E-state index in [1.807, 2.05) is 19.1 Å². The fourth-order valence-electron chi connectivity index (χ4n) is 2.61. The molecular weight excluding hydrogens is 432 g/mol. The maximum atomic E-state index is 12.4. The number of esters is 1. The lowest BCUT2D eigenvalue weighted by molar-refractivity contribution is -0.123. The highest BCUT2D eigenvalue weighted by atomic mass is 35.5. The van der Waals surface area contributed by atoms with E-state index in [0.717, 1.165) is 21.6 Å². The van der Waals surface area contributed by atoms with Gasteiger partial charge in [0.15, 0.2) is 6.61 Å². The summed E-state index contributed by atoms with van der Waals surface area (Å²) in [5, 5.41) is 10.4. The third kappa shape index (κ3) is 5.15. The SMILES string of the molecule is COCCNC(=O)NC(=O)COC(=O)c1cc2c(C)nn(-c3cccc(Cl)c3)c2s1. The molecule has 11 heteroatoms. The average Bonchev–Trinajstić information content (AvgIpc) is 3.27. The van der Waals surface area contributed by atoms with Crippen LogP contribution < -0.4 is 10.6 Å². The number of benzene rings is 1. The predicted molar refractivity (Wildman–Crippen MR) is 112 cm³/mol. The fraction of sp³-hybridized carbons (Fsp3) is 0.263. The maximum absolute atomic E-state index is 12.4. The molecule has 1 aromatic carbocycles. The lowest BCUT2D eigenvalue weighted by Gasteiger charge is -2.06. The number of hydrogen-bond acceptors (Lipinski definition) is 7. The Balaban J connectivity index is 1.65. The van der Waals surface area contributed by atoms with Crippen molar-refractivity contribution in [3.63, 3.8) is 0 Å². The van der Waals surface area contributed by atoms with Crippen molar-refractivity contribution in [3.05, 3.63) is 45.9 Å². The number of urea groups is 1. The van der Waals surface area contributed by atoms with Gasteiger partial charge < -0.3 is 14.8 Å². The number of aromatic nitrogens is 2. The summed E-state index contributed by atoms with van der Waals surface area (Å²) in [4.78, 5) is 36.7.